The largest absolute Gasteiger partial charge is 0.444 e. The molecular weight excluding hydrogens is 259 g/mol. The van der Waals surface area contributed by atoms with Gasteiger partial charge >= 0.3 is 6.09 Å². The van der Waals surface area contributed by atoms with Crippen LogP contribution in [0.2, 0.25) is 0 Å². The summed E-state index contributed by atoms with van der Waals surface area (Å²) in [4.78, 5) is 13.6. The molecule has 0 N–H and O–H groups in total. The maximum atomic E-state index is 12.4. The second kappa shape index (κ2) is 7.28. The molecule has 20 heavy (non-hydrogen) atoms. The number of halogens is 1. The van der Waals surface area contributed by atoms with E-state index in [4.69, 9.17) is 4.74 Å². The minimum atomic E-state index is -0.910. The van der Waals surface area contributed by atoms with Gasteiger partial charge in [-0.05, 0) is 41.0 Å². The Bertz CT molecular complexity index is 384. The summed E-state index contributed by atoms with van der Waals surface area (Å²) in [7, 11) is 0. The summed E-state index contributed by atoms with van der Waals surface area (Å²) < 4.78 is 17.7. The van der Waals surface area contributed by atoms with Crippen LogP contribution in [0.5, 0.6) is 0 Å². The Hall–Kier alpha value is -1.57. The van der Waals surface area contributed by atoms with Gasteiger partial charge in [-0.2, -0.15) is 5.26 Å². The van der Waals surface area contributed by atoms with E-state index in [1.807, 2.05) is 0 Å². The Morgan fingerprint density at radius 1 is 1.50 bits per heavy atom. The molecule has 2 atom stereocenters. The van der Waals surface area contributed by atoms with Crippen molar-refractivity contribution >= 4 is 6.09 Å². The highest BCUT2D eigenvalue weighted by molar-refractivity contribution is 5.68. The first-order valence-electron chi connectivity index (χ1n) is 6.71. The van der Waals surface area contributed by atoms with Crippen molar-refractivity contribution in [2.75, 3.05) is 13.2 Å². The van der Waals surface area contributed by atoms with E-state index in [1.165, 1.54) is 11.0 Å². The summed E-state index contributed by atoms with van der Waals surface area (Å²) in [6.07, 6.45) is 1.17. The van der Waals surface area contributed by atoms with Gasteiger partial charge in [0.25, 0.3) is 0 Å². The Balaban J connectivity index is 5.20. The molecule has 0 aliphatic rings. The van der Waals surface area contributed by atoms with Crippen LogP contribution in [0.15, 0.2) is 12.7 Å². The fourth-order valence-electron chi connectivity index (χ4n) is 1.63. The van der Waals surface area contributed by atoms with E-state index in [1.54, 1.807) is 34.6 Å². The molecule has 0 fully saturated rings. The lowest BCUT2D eigenvalue weighted by molar-refractivity contribution is 0.0101. The first kappa shape index (κ1) is 18.4. The van der Waals surface area contributed by atoms with Crippen LogP contribution in [-0.4, -0.2) is 35.9 Å². The summed E-state index contributed by atoms with van der Waals surface area (Å²) >= 11 is 0. The molecule has 0 saturated carbocycles. The minimum absolute atomic E-state index is 0.206. The lowest BCUT2D eigenvalue weighted by Gasteiger charge is -2.37. The first-order chi connectivity index (χ1) is 9.11. The molecule has 2 unspecified atom stereocenters. The fourth-order valence-corrected chi connectivity index (χ4v) is 1.63. The average molecular weight is 284 g/mol. The maximum Gasteiger partial charge on any atom is 0.410 e. The zero-order valence-corrected chi connectivity index (χ0v) is 13.1. The molecular formula is C15H25FN2O2. The third kappa shape index (κ3) is 5.20. The van der Waals surface area contributed by atoms with Gasteiger partial charge in [-0.3, -0.25) is 4.39 Å². The molecule has 0 rings (SSSR count). The number of nitrogens with zero attached hydrogens (tertiary/aromatic N) is 2. The molecule has 0 radical (unpaired) electrons. The summed E-state index contributed by atoms with van der Waals surface area (Å²) in [6, 6.07) is 1.69. The van der Waals surface area contributed by atoms with Gasteiger partial charge in [-0.1, -0.05) is 6.08 Å². The summed E-state index contributed by atoms with van der Waals surface area (Å²) in [5.74, 6) is 0. The van der Waals surface area contributed by atoms with E-state index in [-0.39, 0.29) is 13.0 Å². The third-order valence-electron chi connectivity index (χ3n) is 3.16. The van der Waals surface area contributed by atoms with Gasteiger partial charge in [-0.25, -0.2) is 4.79 Å². The SMILES string of the molecule is C=CC(C)(C#N)C(C)N(CCCF)C(=O)OC(C)(C)C. The molecule has 0 aromatic carbocycles. The van der Waals surface area contributed by atoms with Gasteiger partial charge in [0.05, 0.1) is 24.2 Å². The quantitative estimate of drug-likeness (QED) is 0.699. The number of rotatable bonds is 6. The van der Waals surface area contributed by atoms with Crippen LogP contribution in [0.1, 0.15) is 41.0 Å². The number of carbonyl (C=O) groups excluding carboxylic acids is 1. The highest BCUT2D eigenvalue weighted by Gasteiger charge is 2.36. The number of alkyl halides is 1. The van der Waals surface area contributed by atoms with Crippen molar-refractivity contribution in [1.82, 2.24) is 4.90 Å². The van der Waals surface area contributed by atoms with Crippen LogP contribution in [0, 0.1) is 16.7 Å². The molecule has 0 saturated heterocycles. The van der Waals surface area contributed by atoms with Crippen LogP contribution in [-0.2, 0) is 4.74 Å². The molecule has 114 valence electrons. The summed E-state index contributed by atoms with van der Waals surface area (Å²) in [5, 5.41) is 9.27. The number of carbonyl (C=O) groups is 1. The zero-order valence-electron chi connectivity index (χ0n) is 13.1. The number of nitriles is 1. The Kier molecular flexibility index (Phi) is 6.70. The molecule has 5 heteroatoms. The van der Waals surface area contributed by atoms with Crippen molar-refractivity contribution in [3.8, 4) is 6.07 Å². The molecule has 0 aromatic rings. The zero-order chi connectivity index (χ0) is 16.0. The second-order valence-corrected chi connectivity index (χ2v) is 5.99. The smallest absolute Gasteiger partial charge is 0.410 e. The maximum absolute atomic E-state index is 12.4. The Morgan fingerprint density at radius 3 is 2.40 bits per heavy atom. The van der Waals surface area contributed by atoms with Crippen molar-refractivity contribution in [1.29, 1.82) is 5.26 Å². The molecule has 0 aliphatic heterocycles. The Labute approximate surface area is 121 Å². The molecule has 0 aliphatic carbocycles. The summed E-state index contributed by atoms with van der Waals surface area (Å²) in [5.41, 5.74) is -1.55. The van der Waals surface area contributed by atoms with E-state index in [9.17, 15) is 14.4 Å². The van der Waals surface area contributed by atoms with Crippen molar-refractivity contribution in [3.05, 3.63) is 12.7 Å². The second-order valence-electron chi connectivity index (χ2n) is 5.99. The van der Waals surface area contributed by atoms with Crippen LogP contribution in [0.3, 0.4) is 0 Å². The number of ether oxygens (including phenoxy) is 1. The van der Waals surface area contributed by atoms with Crippen molar-refractivity contribution in [2.45, 2.75) is 52.7 Å². The molecule has 0 spiro atoms. The fraction of sp³-hybridized carbons (Fsp3) is 0.733. The number of amides is 1. The van der Waals surface area contributed by atoms with E-state index in [0.717, 1.165) is 0 Å². The normalized spacial score (nSPS) is 15.7. The van der Waals surface area contributed by atoms with E-state index < -0.39 is 29.8 Å². The lowest BCUT2D eigenvalue weighted by atomic mass is 9.84. The molecule has 1 amide bonds. The van der Waals surface area contributed by atoms with Gasteiger partial charge in [0.1, 0.15) is 5.60 Å². The first-order valence-corrected chi connectivity index (χ1v) is 6.71. The van der Waals surface area contributed by atoms with Crippen LogP contribution < -0.4 is 0 Å². The number of hydrogen-bond acceptors (Lipinski definition) is 3. The minimum Gasteiger partial charge on any atom is -0.444 e. The topological polar surface area (TPSA) is 53.3 Å². The standard InChI is InChI=1S/C15H25FN2O2/c1-7-15(6,11-17)12(2)18(10-8-9-16)13(19)20-14(3,4)5/h7,12H,1,8-10H2,2-6H3. The highest BCUT2D eigenvalue weighted by atomic mass is 19.1. The molecule has 4 nitrogen and oxygen atoms in total. The molecule has 0 aromatic heterocycles. The lowest BCUT2D eigenvalue weighted by Crippen LogP contribution is -2.48. The van der Waals surface area contributed by atoms with Crippen molar-refractivity contribution in [3.63, 3.8) is 0 Å². The van der Waals surface area contributed by atoms with Gasteiger partial charge in [-0.15, -0.1) is 6.58 Å². The van der Waals surface area contributed by atoms with Crippen LogP contribution >= 0.6 is 0 Å². The van der Waals surface area contributed by atoms with E-state index in [0.29, 0.717) is 0 Å². The number of hydrogen-bond donors (Lipinski definition) is 0. The van der Waals surface area contributed by atoms with Gasteiger partial charge in [0.15, 0.2) is 0 Å². The van der Waals surface area contributed by atoms with Crippen LogP contribution in [0.25, 0.3) is 0 Å². The van der Waals surface area contributed by atoms with Gasteiger partial charge < -0.3 is 9.64 Å². The van der Waals surface area contributed by atoms with Crippen LogP contribution in [0.4, 0.5) is 9.18 Å². The highest BCUT2D eigenvalue weighted by Crippen LogP contribution is 2.27. The van der Waals surface area contributed by atoms with Gasteiger partial charge in [0.2, 0.25) is 0 Å². The van der Waals surface area contributed by atoms with Gasteiger partial charge in [0, 0.05) is 6.54 Å². The van der Waals surface area contributed by atoms with Crippen molar-refractivity contribution < 1.29 is 13.9 Å². The summed E-state index contributed by atoms with van der Waals surface area (Å²) in [6.45, 7) is 12.1. The van der Waals surface area contributed by atoms with E-state index >= 15 is 0 Å². The predicted molar refractivity (Wildman–Crippen MR) is 76.9 cm³/mol. The monoisotopic (exact) mass is 284 g/mol. The van der Waals surface area contributed by atoms with E-state index in [2.05, 4.69) is 12.6 Å². The van der Waals surface area contributed by atoms with Crippen molar-refractivity contribution in [2.24, 2.45) is 5.41 Å². The third-order valence-corrected chi connectivity index (χ3v) is 3.16. The average Bonchev–Trinajstić information content (AvgIpc) is 2.35. The molecule has 0 bridgehead atoms. The molecule has 0 heterocycles. The predicted octanol–water partition coefficient (Wildman–Crippen LogP) is 3.69. The Morgan fingerprint density at radius 2 is 2.05 bits per heavy atom.